The first-order chi connectivity index (χ1) is 14.2. The maximum Gasteiger partial charge on any atom is 0.177 e. The van der Waals surface area contributed by atoms with Crippen molar-refractivity contribution in [3.8, 4) is 11.1 Å². The van der Waals surface area contributed by atoms with Crippen LogP contribution in [0.5, 0.6) is 0 Å². The van der Waals surface area contributed by atoms with Crippen molar-refractivity contribution in [2.24, 2.45) is 0 Å². The lowest BCUT2D eigenvalue weighted by Crippen LogP contribution is -2.44. The average molecular weight is 410 g/mol. The minimum atomic E-state index is 0.255. The van der Waals surface area contributed by atoms with Crippen LogP contribution in [-0.2, 0) is 4.74 Å². The molecule has 0 amide bonds. The lowest BCUT2D eigenvalue weighted by atomic mass is 10.0. The summed E-state index contributed by atoms with van der Waals surface area (Å²) in [6.45, 7) is 4.33. The SMILES string of the molecule is CNc1noc2c(-c3ccc4c(N5CCOC[C@@H]5C)nncc4c3)cc(Cl)cc12. The number of hydrogen-bond acceptors (Lipinski definition) is 7. The predicted octanol–water partition coefficient (Wildman–Crippen LogP) is 4.36. The van der Waals surface area contributed by atoms with Crippen LogP contribution < -0.4 is 10.2 Å². The first-order valence-electron chi connectivity index (χ1n) is 9.52. The third-order valence-corrected chi connectivity index (χ3v) is 5.58. The molecule has 4 aromatic rings. The van der Waals surface area contributed by atoms with Gasteiger partial charge in [0.2, 0.25) is 0 Å². The number of rotatable bonds is 3. The summed E-state index contributed by atoms with van der Waals surface area (Å²) in [7, 11) is 1.81. The molecule has 1 aliphatic heterocycles. The molecular weight excluding hydrogens is 390 g/mol. The number of anilines is 2. The number of hydrogen-bond donors (Lipinski definition) is 1. The second kappa shape index (κ2) is 7.17. The van der Waals surface area contributed by atoms with Gasteiger partial charge in [0.05, 0.1) is 30.8 Å². The molecule has 29 heavy (non-hydrogen) atoms. The molecule has 7 nitrogen and oxygen atoms in total. The number of aromatic nitrogens is 3. The fourth-order valence-electron chi connectivity index (χ4n) is 3.90. The molecule has 1 aliphatic rings. The Bertz CT molecular complexity index is 1210. The molecule has 0 radical (unpaired) electrons. The van der Waals surface area contributed by atoms with Gasteiger partial charge in [-0.1, -0.05) is 22.8 Å². The molecule has 0 unspecified atom stereocenters. The third-order valence-electron chi connectivity index (χ3n) is 5.37. The smallest absolute Gasteiger partial charge is 0.177 e. The van der Waals surface area contributed by atoms with Crippen molar-refractivity contribution >= 4 is 45.0 Å². The summed E-state index contributed by atoms with van der Waals surface area (Å²) in [4.78, 5) is 2.26. The molecule has 0 aliphatic carbocycles. The van der Waals surface area contributed by atoms with Crippen LogP contribution in [0, 0.1) is 0 Å². The highest BCUT2D eigenvalue weighted by Crippen LogP contribution is 2.37. The van der Waals surface area contributed by atoms with E-state index in [1.807, 2.05) is 12.1 Å². The highest BCUT2D eigenvalue weighted by molar-refractivity contribution is 6.32. The third kappa shape index (κ3) is 3.07. The van der Waals surface area contributed by atoms with Crippen LogP contribution in [0.3, 0.4) is 0 Å². The molecule has 2 aromatic heterocycles. The van der Waals surface area contributed by atoms with Crippen LogP contribution in [-0.4, -0.2) is 48.2 Å². The minimum absolute atomic E-state index is 0.255. The number of fused-ring (bicyclic) bond motifs is 2. The molecule has 8 heteroatoms. The first-order valence-corrected chi connectivity index (χ1v) is 9.90. The summed E-state index contributed by atoms with van der Waals surface area (Å²) in [5.74, 6) is 1.55. The van der Waals surface area contributed by atoms with Gasteiger partial charge in [0, 0.05) is 35.0 Å². The zero-order valence-electron chi connectivity index (χ0n) is 16.1. The average Bonchev–Trinajstić information content (AvgIpc) is 3.15. The topological polar surface area (TPSA) is 76.3 Å². The van der Waals surface area contributed by atoms with Crippen molar-refractivity contribution in [2.75, 3.05) is 37.0 Å². The molecule has 1 N–H and O–H groups in total. The Morgan fingerprint density at radius 1 is 1.21 bits per heavy atom. The quantitative estimate of drug-likeness (QED) is 0.538. The van der Waals surface area contributed by atoms with E-state index < -0.39 is 0 Å². The number of ether oxygens (including phenoxy) is 1. The van der Waals surface area contributed by atoms with Gasteiger partial charge in [-0.25, -0.2) is 0 Å². The zero-order valence-corrected chi connectivity index (χ0v) is 16.9. The monoisotopic (exact) mass is 409 g/mol. The summed E-state index contributed by atoms with van der Waals surface area (Å²) >= 11 is 6.38. The van der Waals surface area contributed by atoms with Gasteiger partial charge in [0.1, 0.15) is 0 Å². The van der Waals surface area contributed by atoms with Crippen LogP contribution in [0.2, 0.25) is 5.02 Å². The largest absolute Gasteiger partial charge is 0.377 e. The Hall–Kier alpha value is -2.90. The van der Waals surface area contributed by atoms with Crippen LogP contribution in [0.1, 0.15) is 6.92 Å². The van der Waals surface area contributed by atoms with E-state index in [4.69, 9.17) is 20.9 Å². The molecule has 0 saturated carbocycles. The van der Waals surface area contributed by atoms with Crippen LogP contribution in [0.25, 0.3) is 32.9 Å². The Labute approximate surface area is 172 Å². The summed E-state index contributed by atoms with van der Waals surface area (Å²) in [5.41, 5.74) is 2.57. The molecule has 1 fully saturated rings. The normalized spacial score (nSPS) is 17.2. The molecular formula is C21H20ClN5O2. The Balaban J connectivity index is 1.65. The zero-order chi connectivity index (χ0) is 20.0. The number of nitrogens with one attached hydrogen (secondary N) is 1. The van der Waals surface area contributed by atoms with E-state index in [1.165, 1.54) is 0 Å². The van der Waals surface area contributed by atoms with Crippen molar-refractivity contribution in [1.29, 1.82) is 0 Å². The Morgan fingerprint density at radius 2 is 2.10 bits per heavy atom. The van der Waals surface area contributed by atoms with Gasteiger partial charge in [0.15, 0.2) is 17.2 Å². The van der Waals surface area contributed by atoms with E-state index >= 15 is 0 Å². The van der Waals surface area contributed by atoms with Gasteiger partial charge in [-0.3, -0.25) is 0 Å². The Kier molecular flexibility index (Phi) is 4.49. The fourth-order valence-corrected chi connectivity index (χ4v) is 4.12. The second-order valence-corrected chi connectivity index (χ2v) is 7.64. The van der Waals surface area contributed by atoms with E-state index in [9.17, 15) is 0 Å². The summed E-state index contributed by atoms with van der Waals surface area (Å²) in [5, 5.41) is 19.4. The van der Waals surface area contributed by atoms with Crippen molar-refractivity contribution in [1.82, 2.24) is 15.4 Å². The van der Waals surface area contributed by atoms with Crippen molar-refractivity contribution < 1.29 is 9.26 Å². The summed E-state index contributed by atoms with van der Waals surface area (Å²) < 4.78 is 11.2. The van der Waals surface area contributed by atoms with Crippen LogP contribution in [0.15, 0.2) is 41.1 Å². The highest BCUT2D eigenvalue weighted by atomic mass is 35.5. The predicted molar refractivity (Wildman–Crippen MR) is 115 cm³/mol. The second-order valence-electron chi connectivity index (χ2n) is 7.20. The lowest BCUT2D eigenvalue weighted by molar-refractivity contribution is 0.0986. The van der Waals surface area contributed by atoms with Gasteiger partial charge in [-0.2, -0.15) is 5.10 Å². The standard InChI is InChI=1S/C21H20ClN5O2/c1-12-11-28-6-5-27(12)21-16-4-3-13(7-14(16)10-24-25-21)17-8-15(22)9-18-19(17)29-26-20(18)23-2/h3-4,7-10,12H,5-6,11H2,1-2H3,(H,23,26)/t12-/m0/s1. The molecule has 2 aromatic carbocycles. The molecule has 0 spiro atoms. The first kappa shape index (κ1) is 18.1. The number of morpholine rings is 1. The Morgan fingerprint density at radius 3 is 2.93 bits per heavy atom. The van der Waals surface area contributed by atoms with Gasteiger partial charge < -0.3 is 19.5 Å². The van der Waals surface area contributed by atoms with Crippen molar-refractivity contribution in [3.63, 3.8) is 0 Å². The minimum Gasteiger partial charge on any atom is -0.377 e. The van der Waals surface area contributed by atoms with E-state index in [0.717, 1.165) is 39.6 Å². The van der Waals surface area contributed by atoms with Crippen molar-refractivity contribution in [2.45, 2.75) is 13.0 Å². The fraction of sp³-hybridized carbons (Fsp3) is 0.286. The highest BCUT2D eigenvalue weighted by Gasteiger charge is 2.23. The van der Waals surface area contributed by atoms with E-state index in [-0.39, 0.29) is 6.04 Å². The number of halogens is 1. The number of nitrogens with zero attached hydrogens (tertiary/aromatic N) is 4. The van der Waals surface area contributed by atoms with E-state index in [2.05, 4.69) is 50.7 Å². The van der Waals surface area contributed by atoms with Crippen molar-refractivity contribution in [3.05, 3.63) is 41.6 Å². The van der Waals surface area contributed by atoms with Gasteiger partial charge in [-0.05, 0) is 36.8 Å². The molecule has 1 saturated heterocycles. The summed E-state index contributed by atoms with van der Waals surface area (Å²) in [6.07, 6.45) is 1.79. The van der Waals surface area contributed by atoms with Gasteiger partial charge >= 0.3 is 0 Å². The molecule has 0 bridgehead atoms. The molecule has 5 rings (SSSR count). The lowest BCUT2D eigenvalue weighted by Gasteiger charge is -2.34. The van der Waals surface area contributed by atoms with Crippen LogP contribution in [0.4, 0.5) is 11.6 Å². The van der Waals surface area contributed by atoms with E-state index in [0.29, 0.717) is 29.6 Å². The van der Waals surface area contributed by atoms with E-state index in [1.54, 1.807) is 13.2 Å². The van der Waals surface area contributed by atoms with Crippen LogP contribution >= 0.6 is 11.6 Å². The molecule has 3 heterocycles. The molecule has 1 atom stereocenters. The maximum atomic E-state index is 6.38. The molecule has 148 valence electrons. The maximum absolute atomic E-state index is 6.38. The number of benzene rings is 2. The van der Waals surface area contributed by atoms with Gasteiger partial charge in [-0.15, -0.1) is 5.10 Å². The summed E-state index contributed by atoms with van der Waals surface area (Å²) in [6, 6.07) is 10.2. The van der Waals surface area contributed by atoms with Gasteiger partial charge in [0.25, 0.3) is 0 Å².